The molecule has 0 N–H and O–H groups in total. The van der Waals surface area contributed by atoms with Gasteiger partial charge in [-0.2, -0.15) is 0 Å². The fourth-order valence-corrected chi connectivity index (χ4v) is 5.92. The predicted molar refractivity (Wildman–Crippen MR) is 190 cm³/mol. The molecule has 2 aromatic heterocycles. The van der Waals surface area contributed by atoms with Gasteiger partial charge in [-0.15, -0.1) is 0 Å². The third-order valence-electron chi connectivity index (χ3n) is 8.02. The normalized spacial score (nSPS) is 11.0. The first-order valence-corrected chi connectivity index (χ1v) is 16.1. The van der Waals surface area contributed by atoms with Gasteiger partial charge in [-0.05, 0) is 58.1 Å². The number of aromatic nitrogens is 2. The average molecular weight is 679 g/mol. The van der Waals surface area contributed by atoms with Crippen LogP contribution in [0.3, 0.4) is 0 Å². The number of nitrogens with zero attached hydrogens (tertiary/aromatic N) is 7. The summed E-state index contributed by atoms with van der Waals surface area (Å²) in [5.41, 5.74) is 6.08. The Hall–Kier alpha value is -3.97. The third-order valence-corrected chi connectivity index (χ3v) is 8.02. The van der Waals surface area contributed by atoms with Crippen LogP contribution in [0.25, 0.3) is 10.8 Å². The van der Waals surface area contributed by atoms with Crippen LogP contribution in [0.15, 0.2) is 121 Å². The number of benzene rings is 3. The molecule has 5 aromatic rings. The summed E-state index contributed by atoms with van der Waals surface area (Å²) in [6, 6.07) is 36.7. The summed E-state index contributed by atoms with van der Waals surface area (Å²) in [6.45, 7) is 5.89. The van der Waals surface area contributed by atoms with Crippen LogP contribution in [-0.4, -0.2) is 76.8 Å². The molecule has 238 valence electrons. The van der Waals surface area contributed by atoms with Gasteiger partial charge in [-0.3, -0.25) is 24.8 Å². The zero-order chi connectivity index (χ0) is 32.1. The van der Waals surface area contributed by atoms with Crippen molar-refractivity contribution in [3.63, 3.8) is 0 Å². The largest absolute Gasteiger partial charge is 2.00 e. The number of aliphatic imine (C=N–C) groups is 1. The second kappa shape index (κ2) is 18.4. The van der Waals surface area contributed by atoms with Gasteiger partial charge in [0.25, 0.3) is 0 Å². The summed E-state index contributed by atoms with van der Waals surface area (Å²) < 4.78 is 0. The van der Waals surface area contributed by atoms with Gasteiger partial charge < -0.3 is 9.80 Å². The van der Waals surface area contributed by atoms with E-state index in [4.69, 9.17) is 4.99 Å². The number of pyridine rings is 2. The van der Waals surface area contributed by atoms with Crippen molar-refractivity contribution >= 4 is 16.7 Å². The van der Waals surface area contributed by atoms with E-state index in [9.17, 15) is 0 Å². The van der Waals surface area contributed by atoms with Crippen LogP contribution in [0.1, 0.15) is 34.5 Å². The van der Waals surface area contributed by atoms with Crippen LogP contribution >= 0.6 is 0 Å². The van der Waals surface area contributed by atoms with Crippen molar-refractivity contribution < 1.29 is 19.5 Å². The van der Waals surface area contributed by atoms with Crippen molar-refractivity contribution in [1.29, 1.82) is 0 Å². The van der Waals surface area contributed by atoms with Crippen molar-refractivity contribution in [2.45, 2.75) is 39.1 Å². The second-order valence-electron chi connectivity index (χ2n) is 12.3. The Kier molecular flexibility index (Phi) is 14.0. The van der Waals surface area contributed by atoms with E-state index in [1.807, 2.05) is 52.7 Å². The second-order valence-corrected chi connectivity index (χ2v) is 12.3. The van der Waals surface area contributed by atoms with Gasteiger partial charge in [0.05, 0.1) is 11.4 Å². The van der Waals surface area contributed by atoms with Crippen LogP contribution in [0, 0.1) is 0 Å². The van der Waals surface area contributed by atoms with Crippen LogP contribution in [-0.2, 0) is 52.2 Å². The molecule has 0 atom stereocenters. The summed E-state index contributed by atoms with van der Waals surface area (Å²) in [4.78, 5) is 23.2. The molecule has 7 nitrogen and oxygen atoms in total. The molecule has 0 unspecified atom stereocenters. The third kappa shape index (κ3) is 11.1. The molecular weight excluding hydrogens is 632 g/mol. The van der Waals surface area contributed by atoms with Crippen molar-refractivity contribution in [1.82, 2.24) is 29.6 Å². The zero-order valence-corrected chi connectivity index (χ0v) is 31.4. The van der Waals surface area contributed by atoms with E-state index < -0.39 is 0 Å². The average Bonchev–Trinajstić information content (AvgIpc) is 3.06. The Bertz CT molecular complexity index is 1600. The van der Waals surface area contributed by atoms with Gasteiger partial charge >= 0.3 is 19.5 Å². The first kappa shape index (κ1) is 35.9. The summed E-state index contributed by atoms with van der Waals surface area (Å²) >= 11 is 0. The minimum Gasteiger partial charge on any atom is -0.349 e. The number of rotatable bonds is 14. The SMILES string of the molecule is CN(C)C(=NCCCN(Cc1ccc(CN(Cc2ccccn2)Cc2ccccn2)cc1)Cc1cccc2ccccc12)N(C)C.[Zn+2]. The maximum Gasteiger partial charge on any atom is 2.00 e. The summed E-state index contributed by atoms with van der Waals surface area (Å²) in [5.74, 6) is 0.997. The first-order chi connectivity index (χ1) is 22.4. The Morgan fingerprint density at radius 1 is 0.574 bits per heavy atom. The zero-order valence-electron chi connectivity index (χ0n) is 28.5. The molecule has 0 amide bonds. The summed E-state index contributed by atoms with van der Waals surface area (Å²) in [7, 11) is 8.19. The van der Waals surface area contributed by atoms with Gasteiger partial charge in [0, 0.05) is 86.4 Å². The van der Waals surface area contributed by atoms with Crippen LogP contribution in [0.4, 0.5) is 0 Å². The topological polar surface area (TPSA) is 51.1 Å². The van der Waals surface area contributed by atoms with E-state index in [1.54, 1.807) is 0 Å². The van der Waals surface area contributed by atoms with Crippen molar-refractivity contribution in [2.24, 2.45) is 4.99 Å². The molecule has 0 aliphatic rings. The van der Waals surface area contributed by atoms with Gasteiger partial charge in [0.15, 0.2) is 5.96 Å². The van der Waals surface area contributed by atoms with Crippen molar-refractivity contribution in [3.8, 4) is 0 Å². The maximum atomic E-state index is 4.89. The van der Waals surface area contributed by atoms with E-state index >= 15 is 0 Å². The quantitative estimate of drug-likeness (QED) is 0.0564. The smallest absolute Gasteiger partial charge is 0.349 e. The van der Waals surface area contributed by atoms with E-state index in [2.05, 4.69) is 121 Å². The molecule has 3 aromatic carbocycles. The fourth-order valence-electron chi connectivity index (χ4n) is 5.92. The number of guanidine groups is 1. The standard InChI is InChI=1S/C39H47N7.Zn/c1-43(2)39(44(3)4)42-25-12-26-45(29-35-15-11-14-34-13-5-6-18-38(34)35)27-32-19-21-33(22-20-32)28-46(30-36-16-7-9-23-40-36)31-37-17-8-10-24-41-37;/h5-11,13-24H,12,25-31H2,1-4H3;/q;+2. The van der Waals surface area contributed by atoms with Crippen LogP contribution in [0.5, 0.6) is 0 Å². The Labute approximate surface area is 293 Å². The molecule has 47 heavy (non-hydrogen) atoms. The van der Waals surface area contributed by atoms with Crippen LogP contribution < -0.4 is 0 Å². The Balaban J connectivity index is 0.00000500. The summed E-state index contributed by atoms with van der Waals surface area (Å²) in [6.07, 6.45) is 4.72. The first-order valence-electron chi connectivity index (χ1n) is 16.1. The van der Waals surface area contributed by atoms with E-state index in [0.717, 1.165) is 69.6 Å². The Morgan fingerprint density at radius 3 is 1.70 bits per heavy atom. The molecule has 0 fully saturated rings. The molecule has 0 saturated carbocycles. The maximum absolute atomic E-state index is 4.89. The van der Waals surface area contributed by atoms with Crippen molar-refractivity contribution in [3.05, 3.63) is 144 Å². The van der Waals surface area contributed by atoms with Gasteiger partial charge in [-0.1, -0.05) is 78.9 Å². The molecule has 0 spiro atoms. The molecule has 2 heterocycles. The summed E-state index contributed by atoms with van der Waals surface area (Å²) in [5, 5.41) is 2.61. The van der Waals surface area contributed by atoms with E-state index in [0.29, 0.717) is 0 Å². The predicted octanol–water partition coefficient (Wildman–Crippen LogP) is 6.70. The van der Waals surface area contributed by atoms with E-state index in [-0.39, 0.29) is 19.5 Å². The number of hydrogen-bond acceptors (Lipinski definition) is 5. The van der Waals surface area contributed by atoms with Gasteiger partial charge in [0.2, 0.25) is 0 Å². The van der Waals surface area contributed by atoms with Gasteiger partial charge in [0.1, 0.15) is 0 Å². The molecule has 0 saturated heterocycles. The van der Waals surface area contributed by atoms with Crippen LogP contribution in [0.2, 0.25) is 0 Å². The minimum atomic E-state index is 0. The minimum absolute atomic E-state index is 0. The Morgan fingerprint density at radius 2 is 1.13 bits per heavy atom. The molecule has 0 aliphatic heterocycles. The molecule has 0 aliphatic carbocycles. The molecule has 0 radical (unpaired) electrons. The number of fused-ring (bicyclic) bond motifs is 1. The van der Waals surface area contributed by atoms with Gasteiger partial charge in [-0.25, -0.2) is 0 Å². The van der Waals surface area contributed by atoms with Crippen molar-refractivity contribution in [2.75, 3.05) is 41.3 Å². The number of hydrogen-bond donors (Lipinski definition) is 0. The molecular formula is C39H47N7Zn+2. The molecule has 0 bridgehead atoms. The van der Waals surface area contributed by atoms with E-state index in [1.165, 1.54) is 27.5 Å². The monoisotopic (exact) mass is 677 g/mol. The molecule has 8 heteroatoms. The molecule has 5 rings (SSSR count). The fraction of sp³-hybridized carbons (Fsp3) is 0.308.